The molecule has 2 aromatic rings. The summed E-state index contributed by atoms with van der Waals surface area (Å²) in [7, 11) is 0. The number of rotatable bonds is 1. The first-order chi connectivity index (χ1) is 8.40. The molecule has 0 saturated heterocycles. The van der Waals surface area contributed by atoms with E-state index < -0.39 is 16.9 Å². The monoisotopic (exact) mass is 289 g/mol. The van der Waals surface area contributed by atoms with Gasteiger partial charge in [0.2, 0.25) is 0 Å². The van der Waals surface area contributed by atoms with Crippen molar-refractivity contribution in [3.63, 3.8) is 0 Å². The van der Waals surface area contributed by atoms with Gasteiger partial charge < -0.3 is 5.73 Å². The molecule has 0 amide bonds. The van der Waals surface area contributed by atoms with Gasteiger partial charge in [0, 0.05) is 0 Å². The van der Waals surface area contributed by atoms with Gasteiger partial charge in [-0.05, 0) is 0 Å². The Labute approximate surface area is 108 Å². The molecular weight excluding hydrogens is 285 g/mol. The topological polar surface area (TPSA) is 116 Å². The Hall–Kier alpha value is -2.06. The van der Waals surface area contributed by atoms with Crippen LogP contribution in [0.15, 0.2) is 26.8 Å². The summed E-state index contributed by atoms with van der Waals surface area (Å²) in [6.07, 6.45) is 2.06. The molecule has 10 heteroatoms. The Kier molecular flexibility index (Phi) is 2.97. The van der Waals surface area contributed by atoms with Crippen molar-refractivity contribution in [3.05, 3.63) is 53.8 Å². The van der Waals surface area contributed by atoms with Gasteiger partial charge in [-0.1, -0.05) is 23.2 Å². The second kappa shape index (κ2) is 4.31. The maximum Gasteiger partial charge on any atom is 0.369 e. The van der Waals surface area contributed by atoms with Crippen LogP contribution in [0, 0.1) is 0 Å². The number of nitrogens with one attached hydrogen (secondary N) is 1. The second-order valence-corrected chi connectivity index (χ2v) is 4.00. The Morgan fingerprint density at radius 1 is 1.11 bits per heavy atom. The highest BCUT2D eigenvalue weighted by atomic mass is 35.5. The van der Waals surface area contributed by atoms with E-state index in [0.29, 0.717) is 0 Å². The molecule has 94 valence electrons. The first kappa shape index (κ1) is 12.4. The molecule has 0 atom stereocenters. The van der Waals surface area contributed by atoms with Gasteiger partial charge in [-0.3, -0.25) is 9.78 Å². The number of halogens is 2. The first-order valence-electron chi connectivity index (χ1n) is 4.47. The molecule has 2 rings (SSSR count). The zero-order chi connectivity index (χ0) is 13.4. The van der Waals surface area contributed by atoms with Crippen LogP contribution in [0.3, 0.4) is 0 Å². The number of anilines is 1. The van der Waals surface area contributed by atoms with E-state index in [-0.39, 0.29) is 15.9 Å². The van der Waals surface area contributed by atoms with Crippen molar-refractivity contribution in [2.75, 3.05) is 5.73 Å². The fourth-order valence-electron chi connectivity index (χ4n) is 1.19. The third kappa shape index (κ3) is 2.03. The fraction of sp³-hybridized carbons (Fsp3) is 0. The van der Waals surface area contributed by atoms with Gasteiger partial charge in [0.05, 0.1) is 12.4 Å². The number of aromatic nitrogens is 4. The molecule has 0 aromatic carbocycles. The van der Waals surface area contributed by atoms with Gasteiger partial charge in [-0.2, -0.15) is 14.3 Å². The smallest absolute Gasteiger partial charge is 0.369 e. The molecule has 3 N–H and O–H groups in total. The van der Waals surface area contributed by atoms with Crippen LogP contribution in [-0.2, 0) is 0 Å². The van der Waals surface area contributed by atoms with Crippen molar-refractivity contribution in [1.82, 2.24) is 19.3 Å². The summed E-state index contributed by atoms with van der Waals surface area (Å²) < 4.78 is 1.52. The van der Waals surface area contributed by atoms with Crippen molar-refractivity contribution in [2.45, 2.75) is 0 Å². The quantitative estimate of drug-likeness (QED) is 0.720. The van der Waals surface area contributed by atoms with Crippen LogP contribution in [-0.4, -0.2) is 19.3 Å². The van der Waals surface area contributed by atoms with Crippen molar-refractivity contribution in [2.24, 2.45) is 0 Å². The summed E-state index contributed by atoms with van der Waals surface area (Å²) in [6.45, 7) is 0. The zero-order valence-corrected chi connectivity index (χ0v) is 10.1. The van der Waals surface area contributed by atoms with E-state index in [0.717, 1.165) is 21.7 Å². The Bertz CT molecular complexity index is 791. The minimum atomic E-state index is -0.867. The normalized spacial score (nSPS) is 10.6. The molecule has 2 aromatic heterocycles. The van der Waals surface area contributed by atoms with Gasteiger partial charge in [0.15, 0.2) is 0 Å². The van der Waals surface area contributed by atoms with E-state index in [4.69, 9.17) is 28.9 Å². The molecule has 8 nitrogen and oxygen atoms in total. The lowest BCUT2D eigenvalue weighted by atomic mass is 10.6. The summed E-state index contributed by atoms with van der Waals surface area (Å²) in [4.78, 5) is 39.5. The molecule has 0 bridgehead atoms. The van der Waals surface area contributed by atoms with Crippen LogP contribution in [0.4, 0.5) is 5.82 Å². The van der Waals surface area contributed by atoms with Crippen LogP contribution in [0.2, 0.25) is 10.0 Å². The van der Waals surface area contributed by atoms with E-state index >= 15 is 0 Å². The van der Waals surface area contributed by atoms with Crippen LogP contribution in [0.25, 0.3) is 0 Å². The summed E-state index contributed by atoms with van der Waals surface area (Å²) in [5, 5.41) is -0.293. The largest absolute Gasteiger partial charge is 0.382 e. The Balaban J connectivity index is 2.82. The molecule has 0 aliphatic rings. The number of nitrogens with zero attached hydrogens (tertiary/aromatic N) is 3. The Morgan fingerprint density at radius 2 is 1.72 bits per heavy atom. The molecule has 0 spiro atoms. The van der Waals surface area contributed by atoms with Crippen molar-refractivity contribution in [1.29, 1.82) is 0 Å². The second-order valence-electron chi connectivity index (χ2n) is 3.18. The van der Waals surface area contributed by atoms with Gasteiger partial charge in [-0.25, -0.2) is 9.59 Å². The standard InChI is InChI=1S/C8H5Cl2N5O3/c9-3-1-14(7(17)12-5(3)11)15-2-4(10)6(16)13-8(15)18/h1-2H,(H2,11,12,17)(H,13,16,18). The van der Waals surface area contributed by atoms with E-state index in [1.165, 1.54) is 0 Å². The molecular formula is C8H5Cl2N5O3. The molecule has 0 saturated carbocycles. The predicted molar refractivity (Wildman–Crippen MR) is 65.0 cm³/mol. The summed E-state index contributed by atoms with van der Waals surface area (Å²) >= 11 is 11.3. The minimum Gasteiger partial charge on any atom is -0.382 e. The first-order valence-corrected chi connectivity index (χ1v) is 5.22. The number of hydrogen-bond acceptors (Lipinski definition) is 5. The molecule has 0 aliphatic carbocycles. The average Bonchev–Trinajstić information content (AvgIpc) is 2.29. The summed E-state index contributed by atoms with van der Waals surface area (Å²) in [5.41, 5.74) is 2.86. The molecule has 2 heterocycles. The molecule has 0 fully saturated rings. The SMILES string of the molecule is Nc1nc(=O)n(-n2cc(Cl)c(=O)[nH]c2=O)cc1Cl. The van der Waals surface area contributed by atoms with Crippen molar-refractivity contribution < 1.29 is 0 Å². The van der Waals surface area contributed by atoms with Gasteiger partial charge in [0.25, 0.3) is 5.56 Å². The third-order valence-electron chi connectivity index (χ3n) is 2.01. The van der Waals surface area contributed by atoms with Crippen LogP contribution in [0.5, 0.6) is 0 Å². The van der Waals surface area contributed by atoms with Gasteiger partial charge in [-0.15, -0.1) is 0 Å². The third-order valence-corrected chi connectivity index (χ3v) is 2.57. The average molecular weight is 290 g/mol. The summed E-state index contributed by atoms with van der Waals surface area (Å²) in [6, 6.07) is 0. The highest BCUT2D eigenvalue weighted by Gasteiger charge is 2.09. The number of hydrogen-bond donors (Lipinski definition) is 2. The maximum absolute atomic E-state index is 11.6. The van der Waals surface area contributed by atoms with Crippen LogP contribution >= 0.6 is 23.2 Å². The van der Waals surface area contributed by atoms with Crippen molar-refractivity contribution in [3.8, 4) is 0 Å². The van der Waals surface area contributed by atoms with Crippen LogP contribution < -0.4 is 22.7 Å². The number of aromatic amines is 1. The minimum absolute atomic E-state index is 0.0242. The van der Waals surface area contributed by atoms with Crippen LogP contribution in [0.1, 0.15) is 0 Å². The molecule has 0 radical (unpaired) electrons. The maximum atomic E-state index is 11.6. The predicted octanol–water partition coefficient (Wildman–Crippen LogP) is -0.706. The van der Waals surface area contributed by atoms with E-state index in [1.54, 1.807) is 0 Å². The highest BCUT2D eigenvalue weighted by molar-refractivity contribution is 6.32. The molecule has 0 aliphatic heterocycles. The lowest BCUT2D eigenvalue weighted by molar-refractivity contribution is 0.570. The number of nitrogens with two attached hydrogens (primary N) is 1. The highest BCUT2D eigenvalue weighted by Crippen LogP contribution is 2.11. The van der Waals surface area contributed by atoms with Gasteiger partial charge >= 0.3 is 11.4 Å². The van der Waals surface area contributed by atoms with E-state index in [9.17, 15) is 14.4 Å². The molecule has 0 unspecified atom stereocenters. The Morgan fingerprint density at radius 3 is 2.39 bits per heavy atom. The lowest BCUT2D eigenvalue weighted by Gasteiger charge is -2.08. The molecule has 18 heavy (non-hydrogen) atoms. The van der Waals surface area contributed by atoms with E-state index in [2.05, 4.69) is 4.98 Å². The zero-order valence-electron chi connectivity index (χ0n) is 8.55. The number of nitrogen functional groups attached to an aromatic ring is 1. The van der Waals surface area contributed by atoms with Gasteiger partial charge in [0.1, 0.15) is 15.9 Å². The summed E-state index contributed by atoms with van der Waals surface area (Å²) in [5.74, 6) is -0.165. The number of H-pyrrole nitrogens is 1. The fourth-order valence-corrected chi connectivity index (χ4v) is 1.46. The van der Waals surface area contributed by atoms with E-state index in [1.807, 2.05) is 4.98 Å². The lowest BCUT2D eigenvalue weighted by Crippen LogP contribution is -2.39. The van der Waals surface area contributed by atoms with Crippen molar-refractivity contribution >= 4 is 29.0 Å².